The van der Waals surface area contributed by atoms with E-state index >= 15 is 0 Å². The zero-order valence-corrected chi connectivity index (χ0v) is 9.39. The number of amides is 1. The summed E-state index contributed by atoms with van der Waals surface area (Å²) in [6, 6.07) is 3.03. The lowest BCUT2D eigenvalue weighted by Crippen LogP contribution is -2.39. The number of likely N-dealkylation sites (N-methyl/N-ethyl adjacent to an activating group) is 1. The van der Waals surface area contributed by atoms with E-state index in [1.54, 1.807) is 0 Å². The van der Waals surface area contributed by atoms with Gasteiger partial charge in [0.15, 0.2) is 11.6 Å². The molecule has 1 rings (SSSR count). The summed E-state index contributed by atoms with van der Waals surface area (Å²) in [6.45, 7) is -0.233. The van der Waals surface area contributed by atoms with Gasteiger partial charge in [-0.3, -0.25) is 4.79 Å². The molecule has 0 aromatic heterocycles. The van der Waals surface area contributed by atoms with Gasteiger partial charge in [-0.2, -0.15) is 13.2 Å². The number of carbonyl (C=O) groups excluding carboxylic acids is 1. The number of benzene rings is 1. The van der Waals surface area contributed by atoms with E-state index < -0.39 is 23.7 Å². The molecule has 0 aliphatic rings. The molecule has 0 unspecified atom stereocenters. The zero-order valence-electron chi connectivity index (χ0n) is 9.39. The van der Waals surface area contributed by atoms with Crippen molar-refractivity contribution < 1.29 is 26.7 Å². The van der Waals surface area contributed by atoms with E-state index in [9.17, 15) is 26.7 Å². The molecule has 0 fully saturated rings. The van der Waals surface area contributed by atoms with Crippen molar-refractivity contribution >= 4 is 5.91 Å². The van der Waals surface area contributed by atoms with Gasteiger partial charge in [0.25, 0.3) is 0 Å². The van der Waals surface area contributed by atoms with Crippen molar-refractivity contribution in [2.24, 2.45) is 0 Å². The molecule has 0 radical (unpaired) electrons. The summed E-state index contributed by atoms with van der Waals surface area (Å²) >= 11 is 0. The van der Waals surface area contributed by atoms with E-state index in [0.29, 0.717) is 10.5 Å². The summed E-state index contributed by atoms with van der Waals surface area (Å²) in [7, 11) is 0.996. The molecular formula is C11H10F5NO. The van der Waals surface area contributed by atoms with E-state index in [2.05, 4.69) is 0 Å². The molecule has 1 aromatic carbocycles. The van der Waals surface area contributed by atoms with E-state index in [-0.39, 0.29) is 13.0 Å². The van der Waals surface area contributed by atoms with Crippen molar-refractivity contribution in [1.82, 2.24) is 4.90 Å². The molecule has 0 N–H and O–H groups in total. The highest BCUT2D eigenvalue weighted by Gasteiger charge is 2.40. The normalized spacial score (nSPS) is 11.4. The van der Waals surface area contributed by atoms with Crippen LogP contribution in [0, 0.1) is 11.6 Å². The maximum Gasteiger partial charge on any atom is 0.471 e. The first-order chi connectivity index (χ1) is 8.21. The first-order valence-corrected chi connectivity index (χ1v) is 4.98. The van der Waals surface area contributed by atoms with Gasteiger partial charge in [0, 0.05) is 13.6 Å². The van der Waals surface area contributed by atoms with Crippen molar-refractivity contribution in [3.63, 3.8) is 0 Å². The van der Waals surface area contributed by atoms with Gasteiger partial charge in [0.05, 0.1) is 0 Å². The molecular weight excluding hydrogens is 257 g/mol. The average Bonchev–Trinajstić information content (AvgIpc) is 2.28. The van der Waals surface area contributed by atoms with E-state index in [0.717, 1.165) is 19.2 Å². The number of hydrogen-bond donors (Lipinski definition) is 0. The molecule has 0 saturated heterocycles. The second-order valence-electron chi connectivity index (χ2n) is 3.72. The Morgan fingerprint density at radius 2 is 1.83 bits per heavy atom. The molecule has 18 heavy (non-hydrogen) atoms. The highest BCUT2D eigenvalue weighted by molar-refractivity contribution is 5.81. The Morgan fingerprint density at radius 1 is 1.22 bits per heavy atom. The highest BCUT2D eigenvalue weighted by atomic mass is 19.4. The lowest BCUT2D eigenvalue weighted by atomic mass is 10.1. The van der Waals surface area contributed by atoms with Gasteiger partial charge in [-0.05, 0) is 24.1 Å². The first-order valence-electron chi connectivity index (χ1n) is 4.98. The zero-order chi connectivity index (χ0) is 13.9. The molecule has 0 heterocycles. The fourth-order valence-electron chi connectivity index (χ4n) is 1.31. The minimum Gasteiger partial charge on any atom is -0.338 e. The van der Waals surface area contributed by atoms with Gasteiger partial charge in [-0.15, -0.1) is 0 Å². The standard InChI is InChI=1S/C11H10F5NO/c1-17(10(18)11(14,15)16)5-4-7-2-3-8(12)9(13)6-7/h2-3,6H,4-5H2,1H3. The third-order valence-corrected chi connectivity index (χ3v) is 2.31. The monoisotopic (exact) mass is 267 g/mol. The van der Waals surface area contributed by atoms with Crippen LogP contribution in [0.25, 0.3) is 0 Å². The van der Waals surface area contributed by atoms with Crippen LogP contribution in [0.5, 0.6) is 0 Å². The van der Waals surface area contributed by atoms with Crippen LogP contribution in [0.2, 0.25) is 0 Å². The Hall–Kier alpha value is -1.66. The van der Waals surface area contributed by atoms with Crippen LogP contribution in [0.15, 0.2) is 18.2 Å². The number of alkyl halides is 3. The minimum absolute atomic E-state index is 0.00944. The van der Waals surface area contributed by atoms with Crippen LogP contribution >= 0.6 is 0 Å². The maximum absolute atomic E-state index is 12.8. The summed E-state index contributed by atoms with van der Waals surface area (Å²) in [5.74, 6) is -4.07. The number of nitrogens with zero attached hydrogens (tertiary/aromatic N) is 1. The van der Waals surface area contributed by atoms with Crippen molar-refractivity contribution in [1.29, 1.82) is 0 Å². The summed E-state index contributed by atoms with van der Waals surface area (Å²) < 4.78 is 61.5. The first kappa shape index (κ1) is 14.4. The average molecular weight is 267 g/mol. The highest BCUT2D eigenvalue weighted by Crippen LogP contribution is 2.18. The van der Waals surface area contributed by atoms with Crippen molar-refractivity contribution in [3.05, 3.63) is 35.4 Å². The molecule has 0 spiro atoms. The lowest BCUT2D eigenvalue weighted by molar-refractivity contribution is -0.184. The molecule has 2 nitrogen and oxygen atoms in total. The Morgan fingerprint density at radius 3 is 2.33 bits per heavy atom. The molecule has 1 aromatic rings. The van der Waals surface area contributed by atoms with Crippen LogP contribution < -0.4 is 0 Å². The van der Waals surface area contributed by atoms with E-state index in [4.69, 9.17) is 0 Å². The van der Waals surface area contributed by atoms with E-state index in [1.165, 1.54) is 6.07 Å². The van der Waals surface area contributed by atoms with Crippen LogP contribution in [0.4, 0.5) is 22.0 Å². The SMILES string of the molecule is CN(CCc1ccc(F)c(F)c1)C(=O)C(F)(F)F. The Bertz CT molecular complexity index is 444. The van der Waals surface area contributed by atoms with Crippen LogP contribution in [0.1, 0.15) is 5.56 Å². The molecule has 0 saturated carbocycles. The maximum atomic E-state index is 12.8. The second-order valence-corrected chi connectivity index (χ2v) is 3.72. The van der Waals surface area contributed by atoms with Crippen molar-refractivity contribution in [3.8, 4) is 0 Å². The summed E-state index contributed by atoms with van der Waals surface area (Å²) in [4.78, 5) is 11.3. The quantitative estimate of drug-likeness (QED) is 0.771. The van der Waals surface area contributed by atoms with Crippen LogP contribution in [-0.2, 0) is 11.2 Å². The molecule has 1 amide bonds. The van der Waals surface area contributed by atoms with Gasteiger partial charge >= 0.3 is 12.1 Å². The predicted molar refractivity (Wildman–Crippen MR) is 53.8 cm³/mol. The smallest absolute Gasteiger partial charge is 0.338 e. The third-order valence-electron chi connectivity index (χ3n) is 2.31. The minimum atomic E-state index is -4.93. The molecule has 0 bridgehead atoms. The largest absolute Gasteiger partial charge is 0.471 e. The lowest BCUT2D eigenvalue weighted by Gasteiger charge is -2.18. The topological polar surface area (TPSA) is 20.3 Å². The van der Waals surface area contributed by atoms with Crippen molar-refractivity contribution in [2.75, 3.05) is 13.6 Å². The van der Waals surface area contributed by atoms with Crippen LogP contribution in [-0.4, -0.2) is 30.6 Å². The van der Waals surface area contributed by atoms with Crippen molar-refractivity contribution in [2.45, 2.75) is 12.6 Å². The summed E-state index contributed by atoms with van der Waals surface area (Å²) in [5, 5.41) is 0. The fourth-order valence-corrected chi connectivity index (χ4v) is 1.31. The van der Waals surface area contributed by atoms with Crippen LogP contribution in [0.3, 0.4) is 0 Å². The molecule has 100 valence electrons. The Labute approximate surface area is 100 Å². The second kappa shape index (κ2) is 5.32. The molecule has 0 atom stereocenters. The summed E-state index contributed by atoms with van der Waals surface area (Å²) in [6.07, 6.45) is -4.92. The predicted octanol–water partition coefficient (Wildman–Crippen LogP) is 2.53. The summed E-state index contributed by atoms with van der Waals surface area (Å²) in [5.41, 5.74) is 0.315. The van der Waals surface area contributed by atoms with Gasteiger partial charge in [0.2, 0.25) is 0 Å². The molecule has 0 aliphatic carbocycles. The Balaban J connectivity index is 2.60. The van der Waals surface area contributed by atoms with Gasteiger partial charge < -0.3 is 4.90 Å². The number of rotatable bonds is 3. The van der Waals surface area contributed by atoms with Gasteiger partial charge in [-0.1, -0.05) is 6.07 Å². The number of halogens is 5. The molecule has 0 aliphatic heterocycles. The van der Waals surface area contributed by atoms with Gasteiger partial charge in [-0.25, -0.2) is 8.78 Å². The number of hydrogen-bond acceptors (Lipinski definition) is 1. The Kier molecular flexibility index (Phi) is 4.26. The third kappa shape index (κ3) is 3.68. The van der Waals surface area contributed by atoms with Gasteiger partial charge in [0.1, 0.15) is 0 Å². The fraction of sp³-hybridized carbons (Fsp3) is 0.364. The van der Waals surface area contributed by atoms with E-state index in [1.807, 2.05) is 0 Å². The molecule has 7 heteroatoms. The number of carbonyl (C=O) groups is 1.